The monoisotopic (exact) mass is 304 g/mol. The van der Waals surface area contributed by atoms with Gasteiger partial charge in [0.2, 0.25) is 5.91 Å². The van der Waals surface area contributed by atoms with Crippen LogP contribution in [0.25, 0.3) is 0 Å². The molecule has 0 aliphatic rings. The Hall–Kier alpha value is -1.92. The summed E-state index contributed by atoms with van der Waals surface area (Å²) in [7, 11) is 1.82. The summed E-state index contributed by atoms with van der Waals surface area (Å²) in [6.45, 7) is 7.41. The van der Waals surface area contributed by atoms with Gasteiger partial charge in [0.15, 0.2) is 0 Å². The molecule has 1 amide bonds. The molecule has 5 nitrogen and oxygen atoms in total. The first kappa shape index (κ1) is 15.5. The zero-order chi connectivity index (χ0) is 15.2. The summed E-state index contributed by atoms with van der Waals surface area (Å²) in [6, 6.07) is 5.95. The molecule has 0 bridgehead atoms. The van der Waals surface area contributed by atoms with Gasteiger partial charge in [-0.1, -0.05) is 12.1 Å². The normalized spacial score (nSPS) is 10.8. The molecule has 0 aromatic carbocycles. The second-order valence-electron chi connectivity index (χ2n) is 4.88. The van der Waals surface area contributed by atoms with Crippen LogP contribution in [0.5, 0.6) is 0 Å². The molecule has 2 aromatic rings. The van der Waals surface area contributed by atoms with Crippen LogP contribution in [0.2, 0.25) is 0 Å². The van der Waals surface area contributed by atoms with Gasteiger partial charge in [0, 0.05) is 31.1 Å². The van der Waals surface area contributed by atoms with Crippen LogP contribution in [0.1, 0.15) is 10.6 Å². The molecule has 0 spiro atoms. The summed E-state index contributed by atoms with van der Waals surface area (Å²) in [5.41, 5.74) is 0.884. The quantitative estimate of drug-likeness (QED) is 0.799. The first-order valence-corrected chi connectivity index (χ1v) is 7.62. The predicted molar refractivity (Wildman–Crippen MR) is 86.4 cm³/mol. The van der Waals surface area contributed by atoms with Gasteiger partial charge >= 0.3 is 0 Å². The third-order valence-electron chi connectivity index (χ3n) is 2.98. The van der Waals surface area contributed by atoms with E-state index in [2.05, 4.69) is 28.0 Å². The minimum absolute atomic E-state index is 0.0450. The number of anilines is 1. The zero-order valence-electron chi connectivity index (χ0n) is 12.4. The minimum Gasteiger partial charge on any atom is -0.310 e. The van der Waals surface area contributed by atoms with E-state index >= 15 is 0 Å². The second kappa shape index (κ2) is 7.19. The van der Waals surface area contributed by atoms with E-state index in [9.17, 15) is 4.79 Å². The van der Waals surface area contributed by atoms with Crippen molar-refractivity contribution >= 4 is 23.1 Å². The number of nitrogens with zero attached hydrogens (tertiary/aromatic N) is 3. The molecule has 0 aliphatic heterocycles. The summed E-state index contributed by atoms with van der Waals surface area (Å²) >= 11 is 1.69. The molecule has 112 valence electrons. The number of aromatic nitrogens is 2. The molecule has 0 aliphatic carbocycles. The average molecular weight is 304 g/mol. The fraction of sp³-hybridized carbons (Fsp3) is 0.333. The number of hydrogen-bond donors (Lipinski definition) is 1. The predicted octanol–water partition coefficient (Wildman–Crippen LogP) is 2.42. The molecule has 0 unspecified atom stereocenters. The highest BCUT2D eigenvalue weighted by Crippen LogP contribution is 2.12. The SMILES string of the molecule is C=CCN(CC(=O)Nc1cc(C)nn1C)Cc1cccs1. The minimum atomic E-state index is -0.0450. The van der Waals surface area contributed by atoms with E-state index in [4.69, 9.17) is 0 Å². The largest absolute Gasteiger partial charge is 0.310 e. The summed E-state index contributed by atoms with van der Waals surface area (Å²) in [5.74, 6) is 0.670. The molecule has 0 radical (unpaired) electrons. The van der Waals surface area contributed by atoms with Crippen LogP contribution in [0.15, 0.2) is 36.2 Å². The molecule has 0 saturated carbocycles. The molecule has 2 rings (SSSR count). The first-order chi connectivity index (χ1) is 10.1. The molecule has 1 N–H and O–H groups in total. The maximum Gasteiger partial charge on any atom is 0.239 e. The van der Waals surface area contributed by atoms with Gasteiger partial charge in [-0.3, -0.25) is 14.4 Å². The fourth-order valence-electron chi connectivity index (χ4n) is 2.10. The van der Waals surface area contributed by atoms with E-state index in [1.807, 2.05) is 37.6 Å². The number of aryl methyl sites for hydroxylation is 2. The van der Waals surface area contributed by atoms with Crippen LogP contribution in [0.4, 0.5) is 5.82 Å². The number of carbonyl (C=O) groups excluding carboxylic acids is 1. The highest BCUT2D eigenvalue weighted by molar-refractivity contribution is 7.09. The van der Waals surface area contributed by atoms with Crippen molar-refractivity contribution in [3.8, 4) is 0 Å². The maximum atomic E-state index is 12.2. The number of hydrogen-bond acceptors (Lipinski definition) is 4. The molecular weight excluding hydrogens is 284 g/mol. The van der Waals surface area contributed by atoms with Crippen molar-refractivity contribution in [1.29, 1.82) is 0 Å². The Morgan fingerprint density at radius 3 is 3.00 bits per heavy atom. The summed E-state index contributed by atoms with van der Waals surface area (Å²) < 4.78 is 1.67. The lowest BCUT2D eigenvalue weighted by Gasteiger charge is -2.19. The van der Waals surface area contributed by atoms with Crippen molar-refractivity contribution in [1.82, 2.24) is 14.7 Å². The molecular formula is C15H20N4OS. The molecule has 2 aromatic heterocycles. The second-order valence-corrected chi connectivity index (χ2v) is 5.91. The number of nitrogens with one attached hydrogen (secondary N) is 1. The lowest BCUT2D eigenvalue weighted by atomic mass is 10.3. The van der Waals surface area contributed by atoms with E-state index in [1.54, 1.807) is 16.0 Å². The molecule has 0 atom stereocenters. The number of carbonyl (C=O) groups is 1. The smallest absolute Gasteiger partial charge is 0.239 e. The van der Waals surface area contributed by atoms with Crippen molar-refractivity contribution in [3.63, 3.8) is 0 Å². The van der Waals surface area contributed by atoms with E-state index in [1.165, 1.54) is 4.88 Å². The van der Waals surface area contributed by atoms with Gasteiger partial charge < -0.3 is 5.32 Å². The van der Waals surface area contributed by atoms with Crippen molar-refractivity contribution in [2.45, 2.75) is 13.5 Å². The lowest BCUT2D eigenvalue weighted by Crippen LogP contribution is -2.33. The number of amides is 1. The average Bonchev–Trinajstić information content (AvgIpc) is 3.00. The van der Waals surface area contributed by atoms with Gasteiger partial charge in [-0.2, -0.15) is 5.10 Å². The Kier molecular flexibility index (Phi) is 5.30. The number of rotatable bonds is 7. The van der Waals surface area contributed by atoms with Gasteiger partial charge in [0.05, 0.1) is 12.2 Å². The fourth-order valence-corrected chi connectivity index (χ4v) is 2.85. The Labute approximate surface area is 128 Å². The van der Waals surface area contributed by atoms with Crippen LogP contribution >= 0.6 is 11.3 Å². The first-order valence-electron chi connectivity index (χ1n) is 6.74. The Balaban J connectivity index is 1.94. The summed E-state index contributed by atoms with van der Waals surface area (Å²) in [6.07, 6.45) is 1.81. The van der Waals surface area contributed by atoms with Gasteiger partial charge in [0.25, 0.3) is 0 Å². The van der Waals surface area contributed by atoms with Crippen LogP contribution in [-0.4, -0.2) is 33.7 Å². The summed E-state index contributed by atoms with van der Waals surface area (Å²) in [5, 5.41) is 9.14. The number of thiophene rings is 1. The lowest BCUT2D eigenvalue weighted by molar-refractivity contribution is -0.117. The van der Waals surface area contributed by atoms with Gasteiger partial charge in [-0.05, 0) is 18.4 Å². The van der Waals surface area contributed by atoms with E-state index in [0.29, 0.717) is 18.9 Å². The van der Waals surface area contributed by atoms with Crippen molar-refractivity contribution in [3.05, 3.63) is 46.8 Å². The Morgan fingerprint density at radius 2 is 2.43 bits per heavy atom. The van der Waals surface area contributed by atoms with Gasteiger partial charge in [0.1, 0.15) is 5.82 Å². The molecule has 0 saturated heterocycles. The Morgan fingerprint density at radius 1 is 1.62 bits per heavy atom. The van der Waals surface area contributed by atoms with E-state index in [-0.39, 0.29) is 5.91 Å². The third kappa shape index (κ3) is 4.54. The van der Waals surface area contributed by atoms with Crippen LogP contribution < -0.4 is 5.32 Å². The van der Waals surface area contributed by atoms with Crippen LogP contribution in [0.3, 0.4) is 0 Å². The highest BCUT2D eigenvalue weighted by atomic mass is 32.1. The highest BCUT2D eigenvalue weighted by Gasteiger charge is 2.12. The van der Waals surface area contributed by atoms with Gasteiger partial charge in [-0.15, -0.1) is 17.9 Å². The molecule has 0 fully saturated rings. The molecule has 2 heterocycles. The zero-order valence-corrected chi connectivity index (χ0v) is 13.2. The Bertz CT molecular complexity index is 603. The van der Waals surface area contributed by atoms with E-state index < -0.39 is 0 Å². The van der Waals surface area contributed by atoms with Gasteiger partial charge in [-0.25, -0.2) is 0 Å². The van der Waals surface area contributed by atoms with Crippen LogP contribution in [-0.2, 0) is 18.4 Å². The van der Waals surface area contributed by atoms with Crippen LogP contribution in [0, 0.1) is 6.92 Å². The topological polar surface area (TPSA) is 50.2 Å². The molecule has 6 heteroatoms. The van der Waals surface area contributed by atoms with E-state index in [0.717, 1.165) is 12.2 Å². The standard InChI is InChI=1S/C15H20N4OS/c1-4-7-19(10-13-6-5-8-21-13)11-15(20)16-14-9-12(2)17-18(14)3/h4-6,8-9H,1,7,10-11H2,2-3H3,(H,16,20). The molecule has 21 heavy (non-hydrogen) atoms. The maximum absolute atomic E-state index is 12.2. The van der Waals surface area contributed by atoms with Crippen molar-refractivity contribution in [2.75, 3.05) is 18.4 Å². The third-order valence-corrected chi connectivity index (χ3v) is 3.84. The van der Waals surface area contributed by atoms with Crippen molar-refractivity contribution in [2.24, 2.45) is 7.05 Å². The summed E-state index contributed by atoms with van der Waals surface area (Å²) in [4.78, 5) is 15.5. The van der Waals surface area contributed by atoms with Crippen molar-refractivity contribution < 1.29 is 4.79 Å².